The highest BCUT2D eigenvalue weighted by molar-refractivity contribution is 7.08. The molecule has 0 saturated carbocycles. The molecule has 2 amide bonds. The van der Waals surface area contributed by atoms with E-state index in [0.29, 0.717) is 11.3 Å². The van der Waals surface area contributed by atoms with Crippen molar-refractivity contribution < 1.29 is 9.59 Å². The van der Waals surface area contributed by atoms with E-state index < -0.39 is 0 Å². The van der Waals surface area contributed by atoms with Gasteiger partial charge in [0, 0.05) is 29.6 Å². The minimum Gasteiger partial charge on any atom is -0.351 e. The van der Waals surface area contributed by atoms with Gasteiger partial charge in [-0.3, -0.25) is 9.59 Å². The maximum atomic E-state index is 11.9. The molecule has 2 N–H and O–H groups in total. The van der Waals surface area contributed by atoms with Crippen molar-refractivity contribution in [2.24, 2.45) is 0 Å². The smallest absolute Gasteiger partial charge is 0.252 e. The number of anilines is 1. The first-order chi connectivity index (χ1) is 11.7. The van der Waals surface area contributed by atoms with E-state index >= 15 is 0 Å². The van der Waals surface area contributed by atoms with Crippen molar-refractivity contribution in [2.45, 2.75) is 6.42 Å². The maximum absolute atomic E-state index is 11.9. The molecule has 3 aromatic rings. The van der Waals surface area contributed by atoms with Crippen LogP contribution in [0.2, 0.25) is 0 Å². The first-order valence-electron chi connectivity index (χ1n) is 7.16. The van der Waals surface area contributed by atoms with Crippen molar-refractivity contribution >= 4 is 28.8 Å². The monoisotopic (exact) mass is 342 g/mol. The third-order valence-corrected chi connectivity index (χ3v) is 3.87. The fourth-order valence-corrected chi connectivity index (χ4v) is 2.62. The number of hydrogen-bond donors (Lipinski definition) is 2. The summed E-state index contributed by atoms with van der Waals surface area (Å²) in [5, 5.41) is 20.0. The Labute approximate surface area is 141 Å². The molecular formula is C15H14N6O2S. The second-order valence-electron chi connectivity index (χ2n) is 4.87. The molecule has 0 fully saturated rings. The second kappa shape index (κ2) is 7.47. The average Bonchev–Trinajstić information content (AvgIpc) is 3.29. The number of carbonyl (C=O) groups excluding carboxylic acids is 2. The summed E-state index contributed by atoms with van der Waals surface area (Å²) >= 11 is 1.46. The average molecular weight is 342 g/mol. The van der Waals surface area contributed by atoms with E-state index in [1.165, 1.54) is 22.3 Å². The van der Waals surface area contributed by atoms with E-state index in [1.54, 1.807) is 35.7 Å². The normalized spacial score (nSPS) is 10.3. The van der Waals surface area contributed by atoms with Crippen LogP contribution in [0.3, 0.4) is 0 Å². The number of thiophene rings is 1. The molecule has 0 bridgehead atoms. The number of nitrogens with one attached hydrogen (secondary N) is 2. The lowest BCUT2D eigenvalue weighted by Gasteiger charge is -2.07. The highest BCUT2D eigenvalue weighted by Crippen LogP contribution is 2.12. The number of rotatable bonds is 6. The molecule has 1 aromatic carbocycles. The van der Waals surface area contributed by atoms with Crippen molar-refractivity contribution in [3.05, 3.63) is 53.0 Å². The van der Waals surface area contributed by atoms with E-state index in [9.17, 15) is 9.59 Å². The molecule has 0 aliphatic rings. The van der Waals surface area contributed by atoms with Gasteiger partial charge in [-0.05, 0) is 46.1 Å². The number of benzene rings is 1. The zero-order valence-corrected chi connectivity index (χ0v) is 13.4. The minimum atomic E-state index is -0.171. The van der Waals surface area contributed by atoms with Gasteiger partial charge in [-0.25, -0.2) is 4.68 Å². The van der Waals surface area contributed by atoms with E-state index in [1.807, 2.05) is 5.38 Å². The predicted molar refractivity (Wildman–Crippen MR) is 89.1 cm³/mol. The molecule has 0 atom stereocenters. The first-order valence-corrected chi connectivity index (χ1v) is 8.10. The van der Waals surface area contributed by atoms with Crippen LogP contribution in [0, 0.1) is 0 Å². The molecule has 0 saturated heterocycles. The van der Waals surface area contributed by atoms with Crippen LogP contribution in [-0.2, 0) is 4.79 Å². The Hall–Kier alpha value is -3.07. The second-order valence-corrected chi connectivity index (χ2v) is 5.65. The molecule has 2 aromatic heterocycles. The molecule has 0 aliphatic heterocycles. The number of aromatic nitrogens is 4. The van der Waals surface area contributed by atoms with Gasteiger partial charge in [-0.15, -0.1) is 5.10 Å². The van der Waals surface area contributed by atoms with Gasteiger partial charge < -0.3 is 10.6 Å². The van der Waals surface area contributed by atoms with E-state index in [-0.39, 0.29) is 24.8 Å². The molecule has 8 nitrogen and oxygen atoms in total. The van der Waals surface area contributed by atoms with Crippen molar-refractivity contribution in [2.75, 3.05) is 11.9 Å². The molecule has 3 rings (SSSR count). The van der Waals surface area contributed by atoms with Gasteiger partial charge in [0.05, 0.1) is 5.69 Å². The quantitative estimate of drug-likeness (QED) is 0.706. The summed E-state index contributed by atoms with van der Waals surface area (Å²) in [6.07, 6.45) is 1.69. The Bertz CT molecular complexity index is 799. The molecular weight excluding hydrogens is 328 g/mol. The summed E-state index contributed by atoms with van der Waals surface area (Å²) in [5.41, 5.74) is 2.07. The lowest BCUT2D eigenvalue weighted by atomic mass is 10.2. The third-order valence-electron chi connectivity index (χ3n) is 3.19. The van der Waals surface area contributed by atoms with Gasteiger partial charge in [-0.1, -0.05) is 0 Å². The van der Waals surface area contributed by atoms with Crippen LogP contribution in [-0.4, -0.2) is 38.6 Å². The van der Waals surface area contributed by atoms with Crippen LogP contribution in [0.1, 0.15) is 16.8 Å². The van der Waals surface area contributed by atoms with Crippen LogP contribution in [0.5, 0.6) is 0 Å². The zero-order chi connectivity index (χ0) is 16.8. The van der Waals surface area contributed by atoms with Crippen molar-refractivity contribution in [1.82, 2.24) is 25.5 Å². The number of amides is 2. The maximum Gasteiger partial charge on any atom is 0.252 e. The summed E-state index contributed by atoms with van der Waals surface area (Å²) in [5.74, 6) is -0.342. The molecule has 0 aliphatic carbocycles. The molecule has 9 heteroatoms. The molecule has 122 valence electrons. The van der Waals surface area contributed by atoms with Crippen LogP contribution in [0.15, 0.2) is 47.4 Å². The van der Waals surface area contributed by atoms with Gasteiger partial charge in [-0.2, -0.15) is 11.3 Å². The number of tetrazole rings is 1. The Balaban J connectivity index is 1.46. The Morgan fingerprint density at radius 3 is 2.67 bits per heavy atom. The van der Waals surface area contributed by atoms with E-state index in [0.717, 1.165) is 5.69 Å². The Kier molecular flexibility index (Phi) is 4.92. The number of carbonyl (C=O) groups is 2. The van der Waals surface area contributed by atoms with Crippen LogP contribution in [0.4, 0.5) is 5.69 Å². The van der Waals surface area contributed by atoms with Gasteiger partial charge in [0.25, 0.3) is 5.91 Å². The fourth-order valence-electron chi connectivity index (χ4n) is 1.99. The summed E-state index contributed by atoms with van der Waals surface area (Å²) in [7, 11) is 0. The fraction of sp³-hybridized carbons (Fsp3) is 0.133. The highest BCUT2D eigenvalue weighted by Gasteiger charge is 2.07. The van der Waals surface area contributed by atoms with Crippen LogP contribution in [0.25, 0.3) is 5.69 Å². The number of hydrogen-bond acceptors (Lipinski definition) is 6. The molecule has 0 spiro atoms. The third kappa shape index (κ3) is 4.02. The standard InChI is InChI=1S/C15H14N6O2S/c22-14(5-7-16-15(23)11-6-8-24-9-11)18-12-1-3-13(4-2-12)21-10-17-19-20-21/h1-4,6,8-10H,5,7H2,(H,16,23)(H,18,22). The zero-order valence-electron chi connectivity index (χ0n) is 12.5. The van der Waals surface area contributed by atoms with E-state index in [2.05, 4.69) is 26.2 Å². The SMILES string of the molecule is O=C(CCNC(=O)c1ccsc1)Nc1ccc(-n2cnnn2)cc1. The first kappa shape index (κ1) is 15.8. The Morgan fingerprint density at radius 2 is 2.00 bits per heavy atom. The van der Waals surface area contributed by atoms with E-state index in [4.69, 9.17) is 0 Å². The lowest BCUT2D eigenvalue weighted by Crippen LogP contribution is -2.27. The topological polar surface area (TPSA) is 102 Å². The van der Waals surface area contributed by atoms with Crippen molar-refractivity contribution in [1.29, 1.82) is 0 Å². The highest BCUT2D eigenvalue weighted by atomic mass is 32.1. The number of nitrogens with zero attached hydrogens (tertiary/aromatic N) is 4. The predicted octanol–water partition coefficient (Wildman–Crippen LogP) is 1.48. The molecule has 24 heavy (non-hydrogen) atoms. The van der Waals surface area contributed by atoms with Gasteiger partial charge in [0.2, 0.25) is 5.91 Å². The minimum absolute atomic E-state index is 0.171. The summed E-state index contributed by atoms with van der Waals surface area (Å²) in [4.78, 5) is 23.6. The van der Waals surface area contributed by atoms with Crippen LogP contribution >= 0.6 is 11.3 Å². The van der Waals surface area contributed by atoms with Crippen LogP contribution < -0.4 is 10.6 Å². The summed E-state index contributed by atoms with van der Waals surface area (Å²) in [6.45, 7) is 0.281. The van der Waals surface area contributed by atoms with Gasteiger partial charge in [0.1, 0.15) is 6.33 Å². The van der Waals surface area contributed by atoms with Crippen molar-refractivity contribution in [3.63, 3.8) is 0 Å². The largest absolute Gasteiger partial charge is 0.351 e. The molecule has 2 heterocycles. The summed E-state index contributed by atoms with van der Waals surface area (Å²) in [6, 6.07) is 8.86. The molecule has 0 radical (unpaired) electrons. The Morgan fingerprint density at radius 1 is 1.17 bits per heavy atom. The lowest BCUT2D eigenvalue weighted by molar-refractivity contribution is -0.116. The van der Waals surface area contributed by atoms with Crippen molar-refractivity contribution in [3.8, 4) is 5.69 Å². The van der Waals surface area contributed by atoms with Gasteiger partial charge >= 0.3 is 0 Å². The summed E-state index contributed by atoms with van der Waals surface area (Å²) < 4.78 is 1.52. The van der Waals surface area contributed by atoms with Gasteiger partial charge in [0.15, 0.2) is 0 Å². The molecule has 0 unspecified atom stereocenters.